The van der Waals surface area contributed by atoms with Gasteiger partial charge in [-0.15, -0.1) is 0 Å². The van der Waals surface area contributed by atoms with Gasteiger partial charge in [-0.1, -0.05) is 17.7 Å². The van der Waals surface area contributed by atoms with E-state index in [1.807, 2.05) is 13.0 Å². The predicted octanol–water partition coefficient (Wildman–Crippen LogP) is 3.63. The molecule has 0 atom stereocenters. The summed E-state index contributed by atoms with van der Waals surface area (Å²) in [6, 6.07) is 9.89. The minimum Gasteiger partial charge on any atom is -0.300 e. The van der Waals surface area contributed by atoms with E-state index >= 15 is 0 Å². The van der Waals surface area contributed by atoms with Crippen LogP contribution in [0.5, 0.6) is 0 Å². The van der Waals surface area contributed by atoms with Gasteiger partial charge in [0.25, 0.3) is 11.7 Å². The molecule has 0 N–H and O–H groups in total. The highest BCUT2D eigenvalue weighted by molar-refractivity contribution is 9.10. The van der Waals surface area contributed by atoms with Crippen molar-refractivity contribution in [1.29, 1.82) is 0 Å². The first-order valence-corrected chi connectivity index (χ1v) is 7.17. The van der Waals surface area contributed by atoms with Crippen LogP contribution < -0.4 is 4.90 Å². The molecule has 0 bridgehead atoms. The van der Waals surface area contributed by atoms with Crippen LogP contribution in [0.3, 0.4) is 0 Å². The molecular weight excluding hydrogens is 337 g/mol. The third-order valence-electron chi connectivity index (χ3n) is 3.45. The first-order valence-electron chi connectivity index (χ1n) is 6.38. The molecule has 0 aromatic heterocycles. The van der Waals surface area contributed by atoms with E-state index in [-0.39, 0.29) is 12.4 Å². The zero-order chi connectivity index (χ0) is 15.1. The average Bonchev–Trinajstić information content (AvgIpc) is 2.68. The Morgan fingerprint density at radius 1 is 1.14 bits per heavy atom. The highest BCUT2D eigenvalue weighted by atomic mass is 79.9. The number of nitrogens with zero attached hydrogens (tertiary/aromatic N) is 1. The number of amides is 1. The van der Waals surface area contributed by atoms with Crippen molar-refractivity contribution in [3.8, 4) is 0 Å². The van der Waals surface area contributed by atoms with Crippen LogP contribution >= 0.6 is 15.9 Å². The lowest BCUT2D eigenvalue weighted by Gasteiger charge is -2.17. The number of fused-ring (bicyclic) bond motifs is 1. The normalized spacial score (nSPS) is 13.8. The Morgan fingerprint density at radius 3 is 2.62 bits per heavy atom. The highest BCUT2D eigenvalue weighted by Gasteiger charge is 2.35. The van der Waals surface area contributed by atoms with Crippen LogP contribution in [0, 0.1) is 12.7 Å². The predicted molar refractivity (Wildman–Crippen MR) is 80.8 cm³/mol. The summed E-state index contributed by atoms with van der Waals surface area (Å²) in [4.78, 5) is 25.6. The molecule has 0 unspecified atom stereocenters. The van der Waals surface area contributed by atoms with Gasteiger partial charge in [-0.25, -0.2) is 4.39 Å². The van der Waals surface area contributed by atoms with Crippen LogP contribution in [0.25, 0.3) is 0 Å². The number of rotatable bonds is 2. The van der Waals surface area contributed by atoms with Gasteiger partial charge in [0.15, 0.2) is 0 Å². The molecule has 0 saturated heterocycles. The Morgan fingerprint density at radius 2 is 1.90 bits per heavy atom. The molecule has 2 aromatic carbocycles. The van der Waals surface area contributed by atoms with E-state index in [9.17, 15) is 14.0 Å². The molecule has 0 aliphatic carbocycles. The van der Waals surface area contributed by atoms with Crippen LogP contribution in [0.15, 0.2) is 40.9 Å². The summed E-state index contributed by atoms with van der Waals surface area (Å²) in [5.41, 5.74) is 2.72. The lowest BCUT2D eigenvalue weighted by molar-refractivity contribution is -0.114. The molecule has 0 spiro atoms. The molecule has 3 nitrogen and oxygen atoms in total. The van der Waals surface area contributed by atoms with Crippen LogP contribution in [-0.4, -0.2) is 11.7 Å². The van der Waals surface area contributed by atoms with Crippen molar-refractivity contribution < 1.29 is 14.0 Å². The summed E-state index contributed by atoms with van der Waals surface area (Å²) in [5, 5.41) is 0. The fourth-order valence-corrected chi connectivity index (χ4v) is 2.82. The summed E-state index contributed by atoms with van der Waals surface area (Å²) in [5.74, 6) is -1.40. The number of anilines is 1. The van der Waals surface area contributed by atoms with E-state index < -0.39 is 11.7 Å². The maximum absolute atomic E-state index is 13.3. The van der Waals surface area contributed by atoms with Crippen LogP contribution in [0.1, 0.15) is 21.5 Å². The molecule has 1 aliphatic heterocycles. The van der Waals surface area contributed by atoms with Gasteiger partial charge in [-0.3, -0.25) is 9.59 Å². The second-order valence-electron chi connectivity index (χ2n) is 4.99. The van der Waals surface area contributed by atoms with Crippen molar-refractivity contribution in [2.24, 2.45) is 0 Å². The molecule has 1 heterocycles. The Bertz CT molecular complexity index is 773. The minimum atomic E-state index is -0.545. The highest BCUT2D eigenvalue weighted by Crippen LogP contribution is 2.31. The topological polar surface area (TPSA) is 37.4 Å². The quantitative estimate of drug-likeness (QED) is 0.778. The summed E-state index contributed by atoms with van der Waals surface area (Å²) < 4.78 is 13.6. The minimum absolute atomic E-state index is 0.236. The third kappa shape index (κ3) is 2.38. The number of carbonyl (C=O) groups excluding carboxylic acids is 2. The zero-order valence-electron chi connectivity index (χ0n) is 11.2. The van der Waals surface area contributed by atoms with Crippen molar-refractivity contribution in [3.05, 3.63) is 63.4 Å². The molecule has 0 saturated carbocycles. The molecule has 0 radical (unpaired) electrons. The van der Waals surface area contributed by atoms with Crippen molar-refractivity contribution in [1.82, 2.24) is 0 Å². The van der Waals surface area contributed by atoms with Gasteiger partial charge in [0, 0.05) is 0 Å². The van der Waals surface area contributed by atoms with E-state index in [0.29, 0.717) is 15.7 Å². The van der Waals surface area contributed by atoms with E-state index in [0.717, 1.165) is 11.1 Å². The van der Waals surface area contributed by atoms with Gasteiger partial charge in [-0.2, -0.15) is 0 Å². The van der Waals surface area contributed by atoms with E-state index in [1.54, 1.807) is 24.3 Å². The number of halogens is 2. The SMILES string of the molecule is Cc1ccc2c(c1)C(=O)C(=O)N2Cc1ccc(F)c(Br)c1. The van der Waals surface area contributed by atoms with Crippen molar-refractivity contribution in [2.75, 3.05) is 4.90 Å². The average molecular weight is 348 g/mol. The van der Waals surface area contributed by atoms with Gasteiger partial charge in [-0.05, 0) is 52.7 Å². The first-order chi connectivity index (χ1) is 9.97. The summed E-state index contributed by atoms with van der Waals surface area (Å²) >= 11 is 3.12. The lowest BCUT2D eigenvalue weighted by atomic mass is 10.1. The number of ketones is 1. The maximum atomic E-state index is 13.3. The lowest BCUT2D eigenvalue weighted by Crippen LogP contribution is -2.29. The standard InChI is InChI=1S/C16H11BrFNO2/c1-9-2-5-14-11(6-9)15(20)16(21)19(14)8-10-3-4-13(18)12(17)7-10/h2-7H,8H2,1H3. The molecule has 1 aliphatic rings. The molecule has 1 amide bonds. The summed E-state index contributed by atoms with van der Waals surface area (Å²) in [6.45, 7) is 2.11. The Kier molecular flexibility index (Phi) is 3.37. The Hall–Kier alpha value is -2.01. The molecular formula is C16H11BrFNO2. The fourth-order valence-electron chi connectivity index (χ4n) is 2.39. The van der Waals surface area contributed by atoms with Crippen LogP contribution in [0.4, 0.5) is 10.1 Å². The second-order valence-corrected chi connectivity index (χ2v) is 5.84. The molecule has 2 aromatic rings. The largest absolute Gasteiger partial charge is 0.300 e. The van der Waals surface area contributed by atoms with Gasteiger partial charge in [0.2, 0.25) is 0 Å². The van der Waals surface area contributed by atoms with Gasteiger partial charge < -0.3 is 4.90 Å². The number of benzene rings is 2. The number of carbonyl (C=O) groups is 2. The van der Waals surface area contributed by atoms with E-state index in [1.165, 1.54) is 11.0 Å². The molecule has 3 rings (SSSR count). The molecule has 106 valence electrons. The maximum Gasteiger partial charge on any atom is 0.299 e. The summed E-state index contributed by atoms with van der Waals surface area (Å²) in [7, 11) is 0. The molecule has 0 fully saturated rings. The Balaban J connectivity index is 1.98. The number of hydrogen-bond donors (Lipinski definition) is 0. The first kappa shape index (κ1) is 13.9. The van der Waals surface area contributed by atoms with Gasteiger partial charge >= 0.3 is 0 Å². The summed E-state index contributed by atoms with van der Waals surface area (Å²) in [6.07, 6.45) is 0. The van der Waals surface area contributed by atoms with Crippen LogP contribution in [-0.2, 0) is 11.3 Å². The van der Waals surface area contributed by atoms with E-state index in [4.69, 9.17) is 0 Å². The number of Topliss-reactive ketones (excluding diaryl/α,β-unsaturated/α-hetero) is 1. The van der Waals surface area contributed by atoms with Gasteiger partial charge in [0.1, 0.15) is 5.82 Å². The van der Waals surface area contributed by atoms with Crippen molar-refractivity contribution in [2.45, 2.75) is 13.5 Å². The number of aryl methyl sites for hydroxylation is 1. The van der Waals surface area contributed by atoms with E-state index in [2.05, 4.69) is 15.9 Å². The smallest absolute Gasteiger partial charge is 0.299 e. The fraction of sp³-hybridized carbons (Fsp3) is 0.125. The number of hydrogen-bond acceptors (Lipinski definition) is 2. The van der Waals surface area contributed by atoms with Gasteiger partial charge in [0.05, 0.1) is 22.3 Å². The second kappa shape index (κ2) is 5.07. The molecule has 21 heavy (non-hydrogen) atoms. The third-order valence-corrected chi connectivity index (χ3v) is 4.06. The monoisotopic (exact) mass is 347 g/mol. The molecule has 5 heteroatoms. The van der Waals surface area contributed by atoms with Crippen LogP contribution in [0.2, 0.25) is 0 Å². The Labute approximate surface area is 129 Å². The zero-order valence-corrected chi connectivity index (χ0v) is 12.8. The van der Waals surface area contributed by atoms with Crippen molar-refractivity contribution in [3.63, 3.8) is 0 Å². The van der Waals surface area contributed by atoms with Crippen molar-refractivity contribution >= 4 is 33.3 Å².